The molecule has 0 heterocycles. The zero-order valence-corrected chi connectivity index (χ0v) is 18.8. The number of nitriles is 2. The molecule has 1 atom stereocenters. The molecule has 0 saturated carbocycles. The summed E-state index contributed by atoms with van der Waals surface area (Å²) in [5.74, 6) is 0. The fraction of sp³-hybridized carbons (Fsp3) is 0.222. The van der Waals surface area contributed by atoms with Crippen LogP contribution in [0.15, 0.2) is 72.8 Å². The Balaban J connectivity index is 2.14. The molecule has 0 bridgehead atoms. The van der Waals surface area contributed by atoms with E-state index < -0.39 is 5.54 Å². The summed E-state index contributed by atoms with van der Waals surface area (Å²) in [7, 11) is 2.00. The zero-order valence-electron chi connectivity index (χ0n) is 18.8. The van der Waals surface area contributed by atoms with Gasteiger partial charge in [-0.05, 0) is 74.9 Å². The highest BCUT2D eigenvalue weighted by atomic mass is 16.1. The summed E-state index contributed by atoms with van der Waals surface area (Å²) >= 11 is 0. The second kappa shape index (κ2) is 9.37. The molecule has 3 aromatic carbocycles. The average Bonchev–Trinajstić information content (AvgIpc) is 2.80. The van der Waals surface area contributed by atoms with Crippen molar-refractivity contribution >= 4 is 17.8 Å². The van der Waals surface area contributed by atoms with Crippen molar-refractivity contribution in [1.29, 1.82) is 10.5 Å². The van der Waals surface area contributed by atoms with Crippen LogP contribution in [0.2, 0.25) is 0 Å². The maximum atomic E-state index is 12.4. The SMILES string of the molecule is Cc1ccc(N(C)C(c2cccc(C#N)c2)C(C)(C)N(C=O)c2ccc(C#N)cc2)cc1. The number of carbonyl (C=O) groups is 1. The standard InChI is InChI=1S/C27H26N4O/c1-20-8-12-24(13-9-20)30(4)26(23-7-5-6-22(16-23)18-29)27(2,3)31(19-32)25-14-10-21(17-28)11-15-25/h5-16,19,26H,1-4H3. The minimum Gasteiger partial charge on any atom is -0.365 e. The van der Waals surface area contributed by atoms with Crippen molar-refractivity contribution in [2.45, 2.75) is 32.4 Å². The Kier molecular flexibility index (Phi) is 6.61. The molecule has 1 amide bonds. The van der Waals surface area contributed by atoms with Crippen LogP contribution in [0, 0.1) is 29.6 Å². The van der Waals surface area contributed by atoms with Crippen LogP contribution in [0.1, 0.15) is 42.1 Å². The summed E-state index contributed by atoms with van der Waals surface area (Å²) in [6.45, 7) is 6.06. The summed E-state index contributed by atoms with van der Waals surface area (Å²) < 4.78 is 0. The molecule has 0 aliphatic rings. The van der Waals surface area contributed by atoms with E-state index in [2.05, 4.69) is 41.3 Å². The van der Waals surface area contributed by atoms with Gasteiger partial charge in [0.1, 0.15) is 0 Å². The Morgan fingerprint density at radius 2 is 1.47 bits per heavy atom. The Bertz CT molecular complexity index is 1170. The molecule has 0 radical (unpaired) electrons. The number of carbonyl (C=O) groups excluding carboxylic acids is 1. The molecule has 5 nitrogen and oxygen atoms in total. The third kappa shape index (κ3) is 4.48. The highest BCUT2D eigenvalue weighted by Gasteiger charge is 2.40. The maximum Gasteiger partial charge on any atom is 0.214 e. The number of benzene rings is 3. The number of hydrogen-bond acceptors (Lipinski definition) is 4. The summed E-state index contributed by atoms with van der Waals surface area (Å²) in [5, 5.41) is 18.6. The van der Waals surface area contributed by atoms with Crippen molar-refractivity contribution in [3.63, 3.8) is 0 Å². The van der Waals surface area contributed by atoms with Crippen LogP contribution in [-0.2, 0) is 4.79 Å². The molecule has 0 spiro atoms. The highest BCUT2D eigenvalue weighted by Crippen LogP contribution is 2.40. The van der Waals surface area contributed by atoms with Gasteiger partial charge >= 0.3 is 0 Å². The number of anilines is 2. The average molecular weight is 423 g/mol. The van der Waals surface area contributed by atoms with Crippen molar-refractivity contribution in [2.24, 2.45) is 0 Å². The minimum absolute atomic E-state index is 0.264. The molecule has 5 heteroatoms. The third-order valence-electron chi connectivity index (χ3n) is 5.83. The normalized spacial score (nSPS) is 11.7. The van der Waals surface area contributed by atoms with Gasteiger partial charge in [-0.25, -0.2) is 0 Å². The second-order valence-corrected chi connectivity index (χ2v) is 8.37. The van der Waals surface area contributed by atoms with E-state index in [1.54, 1.807) is 35.2 Å². The second-order valence-electron chi connectivity index (χ2n) is 8.37. The highest BCUT2D eigenvalue weighted by molar-refractivity contribution is 5.78. The fourth-order valence-corrected chi connectivity index (χ4v) is 4.17. The molecule has 0 aromatic heterocycles. The van der Waals surface area contributed by atoms with E-state index in [0.29, 0.717) is 16.8 Å². The molecule has 160 valence electrons. The largest absolute Gasteiger partial charge is 0.365 e. The molecule has 1 unspecified atom stereocenters. The van der Waals surface area contributed by atoms with E-state index in [-0.39, 0.29) is 6.04 Å². The van der Waals surface area contributed by atoms with Crippen molar-refractivity contribution in [1.82, 2.24) is 0 Å². The summed E-state index contributed by atoms with van der Waals surface area (Å²) in [4.78, 5) is 16.2. The van der Waals surface area contributed by atoms with Crippen LogP contribution in [0.25, 0.3) is 0 Å². The summed E-state index contributed by atoms with van der Waals surface area (Å²) in [6.07, 6.45) is 0.825. The van der Waals surface area contributed by atoms with Crippen LogP contribution >= 0.6 is 0 Å². The molecule has 0 fully saturated rings. The molecule has 0 aliphatic carbocycles. The first-order chi connectivity index (χ1) is 15.3. The Hall–Kier alpha value is -4.09. The van der Waals surface area contributed by atoms with Crippen molar-refractivity contribution < 1.29 is 4.79 Å². The lowest BCUT2D eigenvalue weighted by Crippen LogP contribution is -2.53. The monoisotopic (exact) mass is 422 g/mol. The number of aryl methyl sites for hydroxylation is 1. The van der Waals surface area contributed by atoms with Gasteiger partial charge < -0.3 is 9.80 Å². The molecular formula is C27H26N4O. The first-order valence-electron chi connectivity index (χ1n) is 10.4. The van der Waals surface area contributed by atoms with Crippen LogP contribution < -0.4 is 9.80 Å². The van der Waals surface area contributed by atoms with Crippen molar-refractivity contribution in [2.75, 3.05) is 16.8 Å². The molecule has 0 saturated heterocycles. The van der Waals surface area contributed by atoms with E-state index in [9.17, 15) is 10.1 Å². The predicted octanol–water partition coefficient (Wildman–Crippen LogP) is 5.36. The first kappa shape index (κ1) is 22.6. The van der Waals surface area contributed by atoms with Gasteiger partial charge in [0.05, 0.1) is 34.8 Å². The molecule has 3 aromatic rings. The number of hydrogen-bond donors (Lipinski definition) is 0. The zero-order chi connectivity index (χ0) is 23.3. The van der Waals surface area contributed by atoms with Crippen LogP contribution in [0.3, 0.4) is 0 Å². The Labute approximate surface area is 189 Å². The smallest absolute Gasteiger partial charge is 0.214 e. The Morgan fingerprint density at radius 3 is 2.03 bits per heavy atom. The van der Waals surface area contributed by atoms with Gasteiger partial charge in [0, 0.05) is 18.4 Å². The summed E-state index contributed by atoms with van der Waals surface area (Å²) in [6, 6.07) is 26.8. The Morgan fingerprint density at radius 1 is 0.875 bits per heavy atom. The third-order valence-corrected chi connectivity index (χ3v) is 5.83. The molecule has 32 heavy (non-hydrogen) atoms. The van der Waals surface area contributed by atoms with E-state index in [1.807, 2.05) is 46.0 Å². The van der Waals surface area contributed by atoms with Gasteiger partial charge in [-0.3, -0.25) is 4.79 Å². The van der Waals surface area contributed by atoms with E-state index in [1.165, 1.54) is 0 Å². The van der Waals surface area contributed by atoms with Crippen LogP contribution in [0.4, 0.5) is 11.4 Å². The van der Waals surface area contributed by atoms with Crippen LogP contribution in [0.5, 0.6) is 0 Å². The first-order valence-corrected chi connectivity index (χ1v) is 10.4. The minimum atomic E-state index is -0.705. The number of rotatable bonds is 7. The van der Waals surface area contributed by atoms with E-state index in [4.69, 9.17) is 5.26 Å². The van der Waals surface area contributed by atoms with Gasteiger partial charge in [0.25, 0.3) is 0 Å². The van der Waals surface area contributed by atoms with Crippen LogP contribution in [-0.4, -0.2) is 19.0 Å². The lowest BCUT2D eigenvalue weighted by atomic mass is 9.84. The van der Waals surface area contributed by atoms with E-state index in [0.717, 1.165) is 23.2 Å². The molecule has 0 N–H and O–H groups in total. The van der Waals surface area contributed by atoms with E-state index >= 15 is 0 Å². The van der Waals surface area contributed by atoms with Crippen molar-refractivity contribution in [3.8, 4) is 12.1 Å². The predicted molar refractivity (Wildman–Crippen MR) is 127 cm³/mol. The summed E-state index contributed by atoms with van der Waals surface area (Å²) in [5.41, 5.74) is 4.19. The quantitative estimate of drug-likeness (QED) is 0.481. The van der Waals surface area contributed by atoms with Gasteiger partial charge in [-0.2, -0.15) is 10.5 Å². The molecular weight excluding hydrogens is 396 g/mol. The van der Waals surface area contributed by atoms with Crippen molar-refractivity contribution in [3.05, 3.63) is 95.1 Å². The maximum absolute atomic E-state index is 12.4. The van der Waals surface area contributed by atoms with Gasteiger partial charge in [-0.15, -0.1) is 0 Å². The number of likely N-dealkylation sites (N-methyl/N-ethyl adjacent to an activating group) is 1. The lowest BCUT2D eigenvalue weighted by Gasteiger charge is -2.47. The molecule has 0 aliphatic heterocycles. The fourth-order valence-electron chi connectivity index (χ4n) is 4.17. The van der Waals surface area contributed by atoms with Gasteiger partial charge in [0.15, 0.2) is 0 Å². The van der Waals surface area contributed by atoms with Gasteiger partial charge in [0.2, 0.25) is 6.41 Å². The number of amides is 1. The van der Waals surface area contributed by atoms with Gasteiger partial charge in [-0.1, -0.05) is 29.8 Å². The molecule has 3 rings (SSSR count). The topological polar surface area (TPSA) is 71.1 Å². The lowest BCUT2D eigenvalue weighted by molar-refractivity contribution is -0.108. The number of nitrogens with zero attached hydrogens (tertiary/aromatic N) is 4.